The first kappa shape index (κ1) is 7.58. The summed E-state index contributed by atoms with van der Waals surface area (Å²) < 4.78 is 0. The fraction of sp³-hybridized carbons (Fsp3) is 0.111. The lowest BCUT2D eigenvalue weighted by atomic mass is 10.2. The SMILES string of the molecule is C=C=CC=Cc1cn[nH]c1C. The Labute approximate surface area is 65.9 Å². The van der Waals surface area contributed by atoms with Crippen LogP contribution in [0.4, 0.5) is 0 Å². The molecule has 1 heterocycles. The maximum Gasteiger partial charge on any atom is 0.0562 e. The van der Waals surface area contributed by atoms with Crippen molar-refractivity contribution >= 4 is 6.08 Å². The standard InChI is InChI=1S/C9H10N2/c1-3-4-5-6-9-7-10-11-8(9)2/h4-7H,1H2,2H3,(H,10,11). The van der Waals surface area contributed by atoms with Crippen LogP contribution >= 0.6 is 0 Å². The molecule has 0 spiro atoms. The average Bonchev–Trinajstić information content (AvgIpc) is 2.37. The third-order valence-electron chi connectivity index (χ3n) is 1.36. The summed E-state index contributed by atoms with van der Waals surface area (Å²) in [7, 11) is 0. The summed E-state index contributed by atoms with van der Waals surface area (Å²) in [5, 5.41) is 6.72. The number of H-pyrrole nitrogens is 1. The van der Waals surface area contributed by atoms with Gasteiger partial charge in [-0.05, 0) is 13.0 Å². The van der Waals surface area contributed by atoms with Crippen molar-refractivity contribution in [1.29, 1.82) is 0 Å². The summed E-state index contributed by atoms with van der Waals surface area (Å²) in [6, 6.07) is 0. The van der Waals surface area contributed by atoms with Crippen molar-refractivity contribution in [3.8, 4) is 0 Å². The Bertz CT molecular complexity index is 301. The van der Waals surface area contributed by atoms with Crippen LogP contribution in [0.15, 0.2) is 30.7 Å². The maximum atomic E-state index is 3.87. The zero-order valence-corrected chi connectivity index (χ0v) is 6.46. The van der Waals surface area contributed by atoms with E-state index in [1.807, 2.05) is 19.1 Å². The number of aryl methyl sites for hydroxylation is 1. The van der Waals surface area contributed by atoms with E-state index >= 15 is 0 Å². The van der Waals surface area contributed by atoms with Gasteiger partial charge in [-0.15, -0.1) is 5.73 Å². The third-order valence-corrected chi connectivity index (χ3v) is 1.36. The minimum atomic E-state index is 1.07. The average molecular weight is 146 g/mol. The molecule has 0 saturated carbocycles. The fourth-order valence-corrected chi connectivity index (χ4v) is 0.748. The van der Waals surface area contributed by atoms with Gasteiger partial charge >= 0.3 is 0 Å². The largest absolute Gasteiger partial charge is 0.282 e. The monoisotopic (exact) mass is 146 g/mol. The van der Waals surface area contributed by atoms with Gasteiger partial charge in [0, 0.05) is 11.3 Å². The summed E-state index contributed by atoms with van der Waals surface area (Å²) in [4.78, 5) is 0. The molecule has 2 nitrogen and oxygen atoms in total. The number of nitrogens with zero attached hydrogens (tertiary/aromatic N) is 1. The van der Waals surface area contributed by atoms with Gasteiger partial charge in [0.05, 0.1) is 6.20 Å². The van der Waals surface area contributed by atoms with E-state index in [2.05, 4.69) is 22.5 Å². The minimum Gasteiger partial charge on any atom is -0.282 e. The van der Waals surface area contributed by atoms with Gasteiger partial charge in [0.15, 0.2) is 0 Å². The zero-order valence-electron chi connectivity index (χ0n) is 6.46. The highest BCUT2D eigenvalue weighted by Gasteiger charge is 1.91. The fourth-order valence-electron chi connectivity index (χ4n) is 0.748. The van der Waals surface area contributed by atoms with Gasteiger partial charge in [-0.3, -0.25) is 5.10 Å². The van der Waals surface area contributed by atoms with E-state index in [4.69, 9.17) is 0 Å². The summed E-state index contributed by atoms with van der Waals surface area (Å²) in [5.41, 5.74) is 4.82. The van der Waals surface area contributed by atoms with Gasteiger partial charge in [0.25, 0.3) is 0 Å². The molecule has 0 saturated heterocycles. The van der Waals surface area contributed by atoms with Gasteiger partial charge in [-0.2, -0.15) is 5.10 Å². The van der Waals surface area contributed by atoms with Gasteiger partial charge in [0.2, 0.25) is 0 Å². The number of rotatable bonds is 2. The molecule has 0 fully saturated rings. The van der Waals surface area contributed by atoms with E-state index in [9.17, 15) is 0 Å². The predicted molar refractivity (Wildman–Crippen MR) is 46.1 cm³/mol. The number of aromatic amines is 1. The smallest absolute Gasteiger partial charge is 0.0562 e. The molecule has 0 aliphatic carbocycles. The van der Waals surface area contributed by atoms with Crippen molar-refractivity contribution in [3.63, 3.8) is 0 Å². The molecule has 56 valence electrons. The second kappa shape index (κ2) is 3.59. The molecule has 1 aromatic rings. The molecule has 2 heteroatoms. The number of nitrogens with one attached hydrogen (secondary N) is 1. The molecule has 1 aromatic heterocycles. The molecule has 0 atom stereocenters. The summed E-state index contributed by atoms with van der Waals surface area (Å²) in [6.45, 7) is 5.42. The highest BCUT2D eigenvalue weighted by molar-refractivity contribution is 5.51. The highest BCUT2D eigenvalue weighted by atomic mass is 15.1. The maximum absolute atomic E-state index is 3.87. The predicted octanol–water partition coefficient (Wildman–Crippen LogP) is 2.07. The number of aromatic nitrogens is 2. The van der Waals surface area contributed by atoms with Crippen molar-refractivity contribution < 1.29 is 0 Å². The second-order valence-electron chi connectivity index (χ2n) is 2.18. The van der Waals surface area contributed by atoms with Crippen LogP contribution in [-0.2, 0) is 0 Å². The van der Waals surface area contributed by atoms with E-state index in [-0.39, 0.29) is 0 Å². The van der Waals surface area contributed by atoms with E-state index in [0.29, 0.717) is 0 Å². The van der Waals surface area contributed by atoms with Crippen LogP contribution in [0, 0.1) is 6.92 Å². The molecule has 11 heavy (non-hydrogen) atoms. The molecule has 0 unspecified atom stereocenters. The lowest BCUT2D eigenvalue weighted by Gasteiger charge is -1.83. The third kappa shape index (κ3) is 1.95. The quantitative estimate of drug-likeness (QED) is 0.502. The number of allylic oxidation sites excluding steroid dienone is 2. The van der Waals surface area contributed by atoms with Crippen LogP contribution in [-0.4, -0.2) is 10.2 Å². The van der Waals surface area contributed by atoms with E-state index in [0.717, 1.165) is 11.3 Å². The Morgan fingerprint density at radius 3 is 3.09 bits per heavy atom. The summed E-state index contributed by atoms with van der Waals surface area (Å²) in [5.74, 6) is 0. The summed E-state index contributed by atoms with van der Waals surface area (Å²) in [6.07, 6.45) is 7.37. The lowest BCUT2D eigenvalue weighted by molar-refractivity contribution is 1.05. The molecule has 0 aliphatic heterocycles. The van der Waals surface area contributed by atoms with Crippen molar-refractivity contribution in [3.05, 3.63) is 41.9 Å². The molecule has 1 rings (SSSR count). The van der Waals surface area contributed by atoms with Crippen molar-refractivity contribution in [1.82, 2.24) is 10.2 Å². The Kier molecular flexibility index (Phi) is 2.47. The van der Waals surface area contributed by atoms with Crippen LogP contribution in [0.1, 0.15) is 11.3 Å². The molecular weight excluding hydrogens is 136 g/mol. The molecule has 1 N–H and O–H groups in total. The Morgan fingerprint density at radius 2 is 2.55 bits per heavy atom. The number of hydrogen-bond acceptors (Lipinski definition) is 1. The normalized spacial score (nSPS) is 9.91. The van der Waals surface area contributed by atoms with E-state index < -0.39 is 0 Å². The Morgan fingerprint density at radius 1 is 1.73 bits per heavy atom. The van der Waals surface area contributed by atoms with Gasteiger partial charge < -0.3 is 0 Å². The van der Waals surface area contributed by atoms with Crippen LogP contribution in [0.5, 0.6) is 0 Å². The van der Waals surface area contributed by atoms with Crippen LogP contribution in [0.25, 0.3) is 6.08 Å². The molecule has 0 bridgehead atoms. The second-order valence-corrected chi connectivity index (χ2v) is 2.18. The van der Waals surface area contributed by atoms with E-state index in [1.165, 1.54) is 0 Å². The zero-order chi connectivity index (χ0) is 8.10. The first-order valence-corrected chi connectivity index (χ1v) is 3.37. The van der Waals surface area contributed by atoms with Gasteiger partial charge in [-0.1, -0.05) is 18.7 Å². The Balaban J connectivity index is 2.78. The molecule has 0 aliphatic rings. The van der Waals surface area contributed by atoms with Crippen molar-refractivity contribution in [2.45, 2.75) is 6.92 Å². The van der Waals surface area contributed by atoms with Crippen LogP contribution < -0.4 is 0 Å². The van der Waals surface area contributed by atoms with E-state index in [1.54, 1.807) is 12.3 Å². The van der Waals surface area contributed by atoms with Crippen molar-refractivity contribution in [2.24, 2.45) is 0 Å². The molecule has 0 amide bonds. The first-order chi connectivity index (χ1) is 5.34. The summed E-state index contributed by atoms with van der Waals surface area (Å²) >= 11 is 0. The lowest BCUT2D eigenvalue weighted by Crippen LogP contribution is -1.72. The molecule has 0 radical (unpaired) electrons. The Hall–Kier alpha value is -1.53. The van der Waals surface area contributed by atoms with Crippen LogP contribution in [0.2, 0.25) is 0 Å². The topological polar surface area (TPSA) is 28.7 Å². The minimum absolute atomic E-state index is 1.07. The van der Waals surface area contributed by atoms with Crippen LogP contribution in [0.3, 0.4) is 0 Å². The van der Waals surface area contributed by atoms with Crippen molar-refractivity contribution in [2.75, 3.05) is 0 Å². The first-order valence-electron chi connectivity index (χ1n) is 3.37. The molecular formula is C9H10N2. The van der Waals surface area contributed by atoms with Gasteiger partial charge in [-0.25, -0.2) is 0 Å². The van der Waals surface area contributed by atoms with Gasteiger partial charge in [0.1, 0.15) is 0 Å². The number of hydrogen-bond donors (Lipinski definition) is 1. The highest BCUT2D eigenvalue weighted by Crippen LogP contribution is 2.04. The molecule has 0 aromatic carbocycles.